The summed E-state index contributed by atoms with van der Waals surface area (Å²) in [5.74, 6) is 0. The van der Waals surface area contributed by atoms with Crippen LogP contribution >= 0.6 is 0 Å². The fourth-order valence-electron chi connectivity index (χ4n) is 2.20. The Kier molecular flexibility index (Phi) is 4.74. The summed E-state index contributed by atoms with van der Waals surface area (Å²) in [5.41, 5.74) is 0. The molecule has 0 unspecified atom stereocenters. The first kappa shape index (κ1) is 13.5. The quantitative estimate of drug-likeness (QED) is 0.879. The predicted molar refractivity (Wildman–Crippen MR) is 71.9 cm³/mol. The lowest BCUT2D eigenvalue weighted by Crippen LogP contribution is -2.37. The van der Waals surface area contributed by atoms with Crippen molar-refractivity contribution >= 4 is 10.0 Å². The van der Waals surface area contributed by atoms with Gasteiger partial charge in [-0.05, 0) is 38.1 Å². The fraction of sp³-hybridized carbons (Fsp3) is 0.538. The Labute approximate surface area is 109 Å². The Morgan fingerprint density at radius 3 is 2.39 bits per heavy atom. The highest BCUT2D eigenvalue weighted by Gasteiger charge is 2.14. The molecule has 4 nitrogen and oxygen atoms in total. The Hall–Kier alpha value is -0.910. The van der Waals surface area contributed by atoms with Gasteiger partial charge in [0.1, 0.15) is 0 Å². The zero-order valence-electron chi connectivity index (χ0n) is 10.5. The second-order valence-corrected chi connectivity index (χ2v) is 6.38. The summed E-state index contributed by atoms with van der Waals surface area (Å²) >= 11 is 0. The number of piperidine rings is 1. The first-order valence-electron chi connectivity index (χ1n) is 6.45. The highest BCUT2D eigenvalue weighted by molar-refractivity contribution is 7.89. The summed E-state index contributed by atoms with van der Waals surface area (Å²) in [4.78, 5) is 2.65. The smallest absolute Gasteiger partial charge is 0.240 e. The molecule has 18 heavy (non-hydrogen) atoms. The van der Waals surface area contributed by atoms with E-state index in [2.05, 4.69) is 9.62 Å². The number of sulfonamides is 1. The standard InChI is InChI=1S/C13H20N2O2S/c16-18(17,13-7-3-1-4-8-13)14-9-12-15-10-5-2-6-11-15/h1,3-4,7-8,14H,2,5-6,9-12H2. The van der Waals surface area contributed by atoms with Gasteiger partial charge < -0.3 is 4.90 Å². The lowest BCUT2D eigenvalue weighted by atomic mass is 10.1. The van der Waals surface area contributed by atoms with E-state index < -0.39 is 10.0 Å². The number of likely N-dealkylation sites (tertiary alicyclic amines) is 1. The van der Waals surface area contributed by atoms with Crippen LogP contribution in [0.2, 0.25) is 0 Å². The van der Waals surface area contributed by atoms with Crippen molar-refractivity contribution in [3.63, 3.8) is 0 Å². The first-order chi connectivity index (χ1) is 8.68. The van der Waals surface area contributed by atoms with E-state index in [-0.39, 0.29) is 0 Å². The van der Waals surface area contributed by atoms with E-state index in [0.29, 0.717) is 11.4 Å². The van der Waals surface area contributed by atoms with E-state index >= 15 is 0 Å². The van der Waals surface area contributed by atoms with E-state index in [0.717, 1.165) is 19.6 Å². The van der Waals surface area contributed by atoms with Crippen molar-refractivity contribution in [2.45, 2.75) is 24.2 Å². The zero-order valence-corrected chi connectivity index (χ0v) is 11.3. The summed E-state index contributed by atoms with van der Waals surface area (Å²) in [6, 6.07) is 8.51. The van der Waals surface area contributed by atoms with Gasteiger partial charge in [-0.1, -0.05) is 24.6 Å². The van der Waals surface area contributed by atoms with Crippen LogP contribution in [0, 0.1) is 0 Å². The molecule has 0 atom stereocenters. The number of nitrogens with one attached hydrogen (secondary N) is 1. The van der Waals surface area contributed by atoms with Gasteiger partial charge in [-0.2, -0.15) is 0 Å². The molecule has 2 rings (SSSR count). The number of rotatable bonds is 5. The van der Waals surface area contributed by atoms with Crippen molar-refractivity contribution in [3.8, 4) is 0 Å². The molecule has 1 N–H and O–H groups in total. The van der Waals surface area contributed by atoms with Crippen LogP contribution in [0.25, 0.3) is 0 Å². The van der Waals surface area contributed by atoms with Crippen LogP contribution in [-0.2, 0) is 10.0 Å². The van der Waals surface area contributed by atoms with Crippen molar-refractivity contribution < 1.29 is 8.42 Å². The lowest BCUT2D eigenvalue weighted by Gasteiger charge is -2.26. The molecule has 0 aliphatic carbocycles. The first-order valence-corrected chi connectivity index (χ1v) is 7.94. The summed E-state index contributed by atoms with van der Waals surface area (Å²) < 4.78 is 26.5. The summed E-state index contributed by atoms with van der Waals surface area (Å²) in [5, 5.41) is 0. The van der Waals surface area contributed by atoms with Crippen molar-refractivity contribution in [2.24, 2.45) is 0 Å². The molecular formula is C13H20N2O2S. The maximum Gasteiger partial charge on any atom is 0.240 e. The highest BCUT2D eigenvalue weighted by atomic mass is 32.2. The third-order valence-corrected chi connectivity index (χ3v) is 4.70. The maximum absolute atomic E-state index is 11.9. The Morgan fingerprint density at radius 2 is 1.72 bits per heavy atom. The molecule has 0 amide bonds. The lowest BCUT2D eigenvalue weighted by molar-refractivity contribution is 0.233. The van der Waals surface area contributed by atoms with Crippen LogP contribution in [0.15, 0.2) is 35.2 Å². The summed E-state index contributed by atoms with van der Waals surface area (Å²) in [6.45, 7) is 3.46. The summed E-state index contributed by atoms with van der Waals surface area (Å²) in [7, 11) is -3.34. The van der Waals surface area contributed by atoms with Gasteiger partial charge in [0.05, 0.1) is 4.90 Å². The molecular weight excluding hydrogens is 248 g/mol. The molecule has 1 heterocycles. The Morgan fingerprint density at radius 1 is 1.06 bits per heavy atom. The van der Waals surface area contributed by atoms with Crippen molar-refractivity contribution in [1.82, 2.24) is 9.62 Å². The molecule has 1 saturated heterocycles. The Balaban J connectivity index is 1.82. The number of nitrogens with zero attached hydrogens (tertiary/aromatic N) is 1. The average molecular weight is 268 g/mol. The topological polar surface area (TPSA) is 49.4 Å². The molecule has 1 aromatic carbocycles. The number of benzene rings is 1. The van der Waals surface area contributed by atoms with E-state index in [1.165, 1.54) is 19.3 Å². The molecule has 0 bridgehead atoms. The van der Waals surface area contributed by atoms with Gasteiger partial charge in [0, 0.05) is 13.1 Å². The van der Waals surface area contributed by atoms with Crippen molar-refractivity contribution in [1.29, 1.82) is 0 Å². The SMILES string of the molecule is O=S(=O)(NCCN1CCCCC1)c1ccccc1. The average Bonchev–Trinajstić information content (AvgIpc) is 2.41. The minimum absolute atomic E-state index is 0.337. The van der Waals surface area contributed by atoms with Crippen LogP contribution in [0.4, 0.5) is 0 Å². The Bertz CT molecular complexity index is 453. The predicted octanol–water partition coefficient (Wildman–Crippen LogP) is 1.45. The van der Waals surface area contributed by atoms with Crippen LogP contribution in [0.3, 0.4) is 0 Å². The molecule has 1 fully saturated rings. The molecule has 1 aromatic rings. The third-order valence-electron chi connectivity index (χ3n) is 3.22. The molecule has 100 valence electrons. The van der Waals surface area contributed by atoms with Gasteiger partial charge >= 0.3 is 0 Å². The minimum atomic E-state index is -3.34. The number of hydrogen-bond donors (Lipinski definition) is 1. The largest absolute Gasteiger partial charge is 0.302 e. The van der Waals surface area contributed by atoms with Crippen LogP contribution in [0.5, 0.6) is 0 Å². The second-order valence-electron chi connectivity index (χ2n) is 4.61. The van der Waals surface area contributed by atoms with Crippen LogP contribution in [-0.4, -0.2) is 39.5 Å². The van der Waals surface area contributed by atoms with Gasteiger partial charge in [-0.3, -0.25) is 0 Å². The van der Waals surface area contributed by atoms with Gasteiger partial charge in [0.25, 0.3) is 0 Å². The van der Waals surface area contributed by atoms with E-state index in [1.807, 2.05) is 6.07 Å². The molecule has 0 spiro atoms. The van der Waals surface area contributed by atoms with Gasteiger partial charge in [-0.25, -0.2) is 13.1 Å². The van der Waals surface area contributed by atoms with Crippen LogP contribution < -0.4 is 4.72 Å². The molecule has 1 aliphatic heterocycles. The third kappa shape index (κ3) is 3.80. The maximum atomic E-state index is 11.9. The molecule has 0 aromatic heterocycles. The van der Waals surface area contributed by atoms with E-state index in [1.54, 1.807) is 24.3 Å². The van der Waals surface area contributed by atoms with E-state index in [9.17, 15) is 8.42 Å². The monoisotopic (exact) mass is 268 g/mol. The van der Waals surface area contributed by atoms with Crippen LogP contribution in [0.1, 0.15) is 19.3 Å². The van der Waals surface area contributed by atoms with Crippen molar-refractivity contribution in [3.05, 3.63) is 30.3 Å². The van der Waals surface area contributed by atoms with Gasteiger partial charge in [0.2, 0.25) is 10.0 Å². The number of hydrogen-bond acceptors (Lipinski definition) is 3. The second kappa shape index (κ2) is 6.31. The minimum Gasteiger partial charge on any atom is -0.302 e. The van der Waals surface area contributed by atoms with E-state index in [4.69, 9.17) is 0 Å². The van der Waals surface area contributed by atoms with Crippen molar-refractivity contribution in [2.75, 3.05) is 26.2 Å². The molecule has 0 saturated carbocycles. The molecule has 0 radical (unpaired) electrons. The fourth-order valence-corrected chi connectivity index (χ4v) is 3.25. The molecule has 1 aliphatic rings. The highest BCUT2D eigenvalue weighted by Crippen LogP contribution is 2.09. The summed E-state index contributed by atoms with van der Waals surface area (Å²) in [6.07, 6.45) is 3.75. The normalized spacial score (nSPS) is 17.8. The van der Waals surface area contributed by atoms with Gasteiger partial charge in [0.15, 0.2) is 0 Å². The molecule has 5 heteroatoms. The van der Waals surface area contributed by atoms with Gasteiger partial charge in [-0.15, -0.1) is 0 Å². The zero-order chi connectivity index (χ0) is 12.8.